The smallest absolute Gasteiger partial charge is 0.352 e. The fourth-order valence-electron chi connectivity index (χ4n) is 2.08. The Hall–Kier alpha value is -1.99. The zero-order valence-corrected chi connectivity index (χ0v) is 15.3. The second-order valence-corrected chi connectivity index (χ2v) is 6.91. The van der Waals surface area contributed by atoms with Gasteiger partial charge < -0.3 is 5.32 Å². The van der Waals surface area contributed by atoms with E-state index in [1.807, 2.05) is 0 Å². The number of alkyl halides is 3. The van der Waals surface area contributed by atoms with Crippen molar-refractivity contribution in [2.75, 3.05) is 5.75 Å². The number of ketones is 1. The molecular formula is C18H15ClF3NO2S. The van der Waals surface area contributed by atoms with E-state index < -0.39 is 11.7 Å². The minimum atomic E-state index is -4.54. The molecule has 2 aromatic rings. The SMILES string of the molecule is CC(=O)NCc1ccc(C(=O)CSc2ccc(Cl)c(C(F)(F)F)c2)cc1. The highest BCUT2D eigenvalue weighted by Crippen LogP contribution is 2.37. The quantitative estimate of drug-likeness (QED) is 0.549. The predicted octanol–water partition coefficient (Wildman–Crippen LogP) is 4.97. The minimum absolute atomic E-state index is 0.00394. The molecule has 0 spiro atoms. The number of hydrogen-bond donors (Lipinski definition) is 1. The molecule has 26 heavy (non-hydrogen) atoms. The first-order chi connectivity index (χ1) is 12.2. The maximum atomic E-state index is 12.9. The van der Waals surface area contributed by atoms with E-state index in [1.165, 1.54) is 19.1 Å². The van der Waals surface area contributed by atoms with Crippen LogP contribution in [0.2, 0.25) is 5.02 Å². The highest BCUT2D eigenvalue weighted by Gasteiger charge is 2.33. The summed E-state index contributed by atoms with van der Waals surface area (Å²) in [5.74, 6) is -0.350. The lowest BCUT2D eigenvalue weighted by Crippen LogP contribution is -2.18. The predicted molar refractivity (Wildman–Crippen MR) is 95.5 cm³/mol. The van der Waals surface area contributed by atoms with Crippen molar-refractivity contribution in [2.45, 2.75) is 24.5 Å². The second kappa shape index (κ2) is 8.60. The molecule has 0 atom stereocenters. The maximum Gasteiger partial charge on any atom is 0.417 e. The zero-order chi connectivity index (χ0) is 19.3. The minimum Gasteiger partial charge on any atom is -0.352 e. The van der Waals surface area contributed by atoms with Crippen LogP contribution in [-0.4, -0.2) is 17.4 Å². The Bertz CT molecular complexity index is 807. The second-order valence-electron chi connectivity index (χ2n) is 5.46. The van der Waals surface area contributed by atoms with Crippen LogP contribution in [-0.2, 0) is 17.5 Å². The van der Waals surface area contributed by atoms with Crippen LogP contribution >= 0.6 is 23.4 Å². The molecule has 0 saturated heterocycles. The van der Waals surface area contributed by atoms with Gasteiger partial charge in [-0.3, -0.25) is 9.59 Å². The Balaban J connectivity index is 1.99. The summed E-state index contributed by atoms with van der Waals surface area (Å²) in [4.78, 5) is 23.4. The fourth-order valence-corrected chi connectivity index (χ4v) is 3.13. The Labute approximate surface area is 157 Å². The number of carbonyl (C=O) groups is 2. The van der Waals surface area contributed by atoms with Crippen LogP contribution in [0.4, 0.5) is 13.2 Å². The number of amides is 1. The van der Waals surface area contributed by atoms with E-state index in [0.717, 1.165) is 23.4 Å². The van der Waals surface area contributed by atoms with E-state index in [1.54, 1.807) is 24.3 Å². The molecule has 0 aromatic heterocycles. The number of halogens is 4. The Morgan fingerprint density at radius 2 is 1.77 bits per heavy atom. The number of Topliss-reactive ketones (excluding diaryl/α,β-unsaturated/α-hetero) is 1. The summed E-state index contributed by atoms with van der Waals surface area (Å²) in [6.45, 7) is 1.78. The molecule has 2 rings (SSSR count). The lowest BCUT2D eigenvalue weighted by atomic mass is 10.1. The number of benzene rings is 2. The molecule has 1 amide bonds. The molecule has 0 fully saturated rings. The average Bonchev–Trinajstić information content (AvgIpc) is 2.58. The first-order valence-electron chi connectivity index (χ1n) is 7.53. The highest BCUT2D eigenvalue weighted by atomic mass is 35.5. The summed E-state index contributed by atoms with van der Waals surface area (Å²) in [6, 6.07) is 10.3. The summed E-state index contributed by atoms with van der Waals surface area (Å²) in [5, 5.41) is 2.28. The van der Waals surface area contributed by atoms with Crippen molar-refractivity contribution in [3.05, 3.63) is 64.2 Å². The van der Waals surface area contributed by atoms with Crippen LogP contribution in [0.3, 0.4) is 0 Å². The summed E-state index contributed by atoms with van der Waals surface area (Å²) < 4.78 is 38.6. The molecule has 0 aliphatic carbocycles. The topological polar surface area (TPSA) is 46.2 Å². The van der Waals surface area contributed by atoms with E-state index in [4.69, 9.17) is 11.6 Å². The Morgan fingerprint density at radius 3 is 2.35 bits per heavy atom. The molecule has 0 bridgehead atoms. The first kappa shape index (κ1) is 20.3. The van der Waals surface area contributed by atoms with Crippen molar-refractivity contribution in [1.29, 1.82) is 0 Å². The zero-order valence-electron chi connectivity index (χ0n) is 13.7. The summed E-state index contributed by atoms with van der Waals surface area (Å²) in [7, 11) is 0. The van der Waals surface area contributed by atoms with Crippen LogP contribution in [0.25, 0.3) is 0 Å². The van der Waals surface area contributed by atoms with Crippen LogP contribution in [0.1, 0.15) is 28.4 Å². The third-order valence-corrected chi connectivity index (χ3v) is 4.75. The van der Waals surface area contributed by atoms with Crippen molar-refractivity contribution in [1.82, 2.24) is 5.32 Å². The molecule has 138 valence electrons. The van der Waals surface area contributed by atoms with E-state index in [2.05, 4.69) is 5.32 Å². The standard InChI is InChI=1S/C18H15ClF3NO2S/c1-11(24)23-9-12-2-4-13(5-3-12)17(25)10-26-14-6-7-16(19)15(8-14)18(20,21)22/h2-8H,9-10H2,1H3,(H,23,24). The number of nitrogens with one attached hydrogen (secondary N) is 1. The molecule has 0 heterocycles. The number of hydrogen-bond acceptors (Lipinski definition) is 3. The van der Waals surface area contributed by atoms with Crippen molar-refractivity contribution in [2.24, 2.45) is 0 Å². The van der Waals surface area contributed by atoms with Crippen LogP contribution in [0, 0.1) is 0 Å². The van der Waals surface area contributed by atoms with Crippen LogP contribution in [0.5, 0.6) is 0 Å². The number of carbonyl (C=O) groups excluding carboxylic acids is 2. The molecule has 0 saturated carbocycles. The average molecular weight is 402 g/mol. The van der Waals surface area contributed by atoms with Crippen LogP contribution in [0.15, 0.2) is 47.4 Å². The van der Waals surface area contributed by atoms with Crippen molar-refractivity contribution in [3.8, 4) is 0 Å². The normalized spacial score (nSPS) is 11.3. The van der Waals surface area contributed by atoms with Gasteiger partial charge in [0.25, 0.3) is 0 Å². The van der Waals surface area contributed by atoms with Gasteiger partial charge >= 0.3 is 6.18 Å². The van der Waals surface area contributed by atoms with Gasteiger partial charge in [-0.2, -0.15) is 13.2 Å². The van der Waals surface area contributed by atoms with Crippen LogP contribution < -0.4 is 5.32 Å². The molecular weight excluding hydrogens is 387 g/mol. The van der Waals surface area contributed by atoms with Gasteiger partial charge in [-0.25, -0.2) is 0 Å². The van der Waals surface area contributed by atoms with Gasteiger partial charge in [-0.05, 0) is 23.8 Å². The van der Waals surface area contributed by atoms with Gasteiger partial charge in [0.2, 0.25) is 5.91 Å². The van der Waals surface area contributed by atoms with Crippen molar-refractivity contribution >= 4 is 35.1 Å². The monoisotopic (exact) mass is 401 g/mol. The molecule has 3 nitrogen and oxygen atoms in total. The largest absolute Gasteiger partial charge is 0.417 e. The number of rotatable bonds is 6. The molecule has 2 aromatic carbocycles. The van der Waals surface area contributed by atoms with Gasteiger partial charge in [0.15, 0.2) is 5.78 Å². The van der Waals surface area contributed by atoms with Crippen molar-refractivity contribution in [3.63, 3.8) is 0 Å². The maximum absolute atomic E-state index is 12.9. The van der Waals surface area contributed by atoms with E-state index >= 15 is 0 Å². The summed E-state index contributed by atoms with van der Waals surface area (Å²) in [6.07, 6.45) is -4.54. The van der Waals surface area contributed by atoms with E-state index in [0.29, 0.717) is 17.0 Å². The fraction of sp³-hybridized carbons (Fsp3) is 0.222. The number of thioether (sulfide) groups is 1. The van der Waals surface area contributed by atoms with E-state index in [9.17, 15) is 22.8 Å². The molecule has 1 N–H and O–H groups in total. The molecule has 0 aliphatic heterocycles. The van der Waals surface area contributed by atoms with Gasteiger partial charge in [-0.1, -0.05) is 35.9 Å². The Morgan fingerprint density at radius 1 is 1.12 bits per heavy atom. The highest BCUT2D eigenvalue weighted by molar-refractivity contribution is 8.00. The molecule has 0 radical (unpaired) electrons. The van der Waals surface area contributed by atoms with Gasteiger partial charge in [0.1, 0.15) is 0 Å². The summed E-state index contributed by atoms with van der Waals surface area (Å²) >= 11 is 6.59. The summed E-state index contributed by atoms with van der Waals surface area (Å²) in [5.41, 5.74) is 0.380. The van der Waals surface area contributed by atoms with Gasteiger partial charge in [-0.15, -0.1) is 11.8 Å². The van der Waals surface area contributed by atoms with E-state index in [-0.39, 0.29) is 22.5 Å². The third kappa shape index (κ3) is 5.78. The van der Waals surface area contributed by atoms with Crippen molar-refractivity contribution < 1.29 is 22.8 Å². The third-order valence-electron chi connectivity index (χ3n) is 3.43. The lowest BCUT2D eigenvalue weighted by molar-refractivity contribution is -0.137. The van der Waals surface area contributed by atoms with Gasteiger partial charge in [0, 0.05) is 23.9 Å². The molecule has 0 unspecified atom stereocenters. The first-order valence-corrected chi connectivity index (χ1v) is 8.89. The lowest BCUT2D eigenvalue weighted by Gasteiger charge is -2.10. The molecule has 0 aliphatic rings. The Kier molecular flexibility index (Phi) is 6.72. The van der Waals surface area contributed by atoms with Gasteiger partial charge in [0.05, 0.1) is 16.3 Å². The molecule has 8 heteroatoms.